The molecule has 1 rings (SSSR count). The molecule has 0 saturated carbocycles. The van der Waals surface area contributed by atoms with Crippen LogP contribution in [-0.4, -0.2) is 33.5 Å². The van der Waals surface area contributed by atoms with Crippen molar-refractivity contribution in [1.82, 2.24) is 5.32 Å². The van der Waals surface area contributed by atoms with Crippen LogP contribution in [0.2, 0.25) is 0 Å². The van der Waals surface area contributed by atoms with Crippen molar-refractivity contribution in [2.24, 2.45) is 5.92 Å². The second-order valence-corrected chi connectivity index (χ2v) is 6.35. The first-order valence-electron chi connectivity index (χ1n) is 6.34. The Hall–Kier alpha value is -1.69. The average molecular weight is 297 g/mol. The molecule has 2 N–H and O–H groups in total. The van der Waals surface area contributed by atoms with Gasteiger partial charge in [0.1, 0.15) is 5.75 Å². The summed E-state index contributed by atoms with van der Waals surface area (Å²) in [6, 6.07) is 6.44. The van der Waals surface area contributed by atoms with Gasteiger partial charge in [0.25, 0.3) is 0 Å². The van der Waals surface area contributed by atoms with Gasteiger partial charge in [-0.1, -0.05) is 26.0 Å². The molecule has 0 spiro atoms. The van der Waals surface area contributed by atoms with Crippen LogP contribution in [0.4, 0.5) is 0 Å². The highest BCUT2D eigenvalue weighted by atomic mass is 32.2. The lowest BCUT2D eigenvalue weighted by molar-refractivity contribution is -0.136. The fourth-order valence-corrected chi connectivity index (χ4v) is 2.45. The Kier molecular flexibility index (Phi) is 6.38. The maximum atomic E-state index is 12.0. The lowest BCUT2D eigenvalue weighted by Crippen LogP contribution is -2.31. The number of hydrogen-bond donors (Lipinski definition) is 2. The van der Waals surface area contributed by atoms with E-state index in [-0.39, 0.29) is 18.1 Å². The van der Waals surface area contributed by atoms with Crippen molar-refractivity contribution in [2.45, 2.75) is 25.2 Å². The molecule has 0 heterocycles. The molecule has 0 aromatic heterocycles. The molecule has 0 saturated heterocycles. The zero-order valence-corrected chi connectivity index (χ0v) is 12.4. The Morgan fingerprint density at radius 2 is 1.85 bits per heavy atom. The molecule has 1 aromatic rings. The quantitative estimate of drug-likeness (QED) is 0.792. The van der Waals surface area contributed by atoms with Crippen LogP contribution in [0.5, 0.6) is 0 Å². The SMILES string of the molecule is CC(C)CNC(=O)CS(=O)c1ccc(CC(=O)O)cc1. The van der Waals surface area contributed by atoms with Gasteiger partial charge in [-0.2, -0.15) is 0 Å². The number of carboxylic acid groups (broad SMARTS) is 1. The average Bonchev–Trinajstić information content (AvgIpc) is 2.36. The number of hydrogen-bond acceptors (Lipinski definition) is 3. The first-order valence-corrected chi connectivity index (χ1v) is 7.66. The van der Waals surface area contributed by atoms with E-state index in [4.69, 9.17) is 5.11 Å². The molecule has 1 unspecified atom stereocenters. The highest BCUT2D eigenvalue weighted by Crippen LogP contribution is 2.09. The van der Waals surface area contributed by atoms with E-state index < -0.39 is 16.8 Å². The number of nitrogens with one attached hydrogen (secondary N) is 1. The third-order valence-corrected chi connectivity index (χ3v) is 3.83. The molecule has 0 aliphatic heterocycles. The van der Waals surface area contributed by atoms with Gasteiger partial charge >= 0.3 is 5.97 Å². The number of amides is 1. The topological polar surface area (TPSA) is 83.5 Å². The number of aliphatic carboxylic acids is 1. The van der Waals surface area contributed by atoms with E-state index in [9.17, 15) is 13.8 Å². The number of carbonyl (C=O) groups excluding carboxylic acids is 1. The van der Waals surface area contributed by atoms with E-state index >= 15 is 0 Å². The Balaban J connectivity index is 2.55. The van der Waals surface area contributed by atoms with E-state index in [0.717, 1.165) is 0 Å². The first-order chi connectivity index (χ1) is 9.38. The minimum absolute atomic E-state index is 0.0677. The summed E-state index contributed by atoms with van der Waals surface area (Å²) in [5.41, 5.74) is 0.641. The number of carboxylic acids is 1. The van der Waals surface area contributed by atoms with Gasteiger partial charge in [-0.25, -0.2) is 0 Å². The van der Waals surface area contributed by atoms with Gasteiger partial charge in [0, 0.05) is 11.4 Å². The number of carbonyl (C=O) groups is 2. The summed E-state index contributed by atoms with van der Waals surface area (Å²) in [4.78, 5) is 22.6. The van der Waals surface area contributed by atoms with Crippen LogP contribution in [0.15, 0.2) is 29.2 Å². The van der Waals surface area contributed by atoms with Crippen molar-refractivity contribution in [1.29, 1.82) is 0 Å². The summed E-state index contributed by atoms with van der Waals surface area (Å²) < 4.78 is 12.0. The smallest absolute Gasteiger partial charge is 0.307 e. The molecule has 0 fully saturated rings. The number of benzene rings is 1. The van der Waals surface area contributed by atoms with Crippen molar-refractivity contribution < 1.29 is 18.9 Å². The molecule has 0 bridgehead atoms. The Bertz CT molecular complexity index is 496. The molecule has 0 radical (unpaired) electrons. The van der Waals surface area contributed by atoms with Gasteiger partial charge in [-0.15, -0.1) is 0 Å². The van der Waals surface area contributed by atoms with Crippen molar-refractivity contribution in [3.63, 3.8) is 0 Å². The van der Waals surface area contributed by atoms with E-state index in [0.29, 0.717) is 22.9 Å². The third kappa shape index (κ3) is 5.97. The minimum Gasteiger partial charge on any atom is -0.481 e. The molecular weight excluding hydrogens is 278 g/mol. The van der Waals surface area contributed by atoms with E-state index in [1.165, 1.54) is 0 Å². The molecular formula is C14H19NO4S. The summed E-state index contributed by atoms with van der Waals surface area (Å²) in [5.74, 6) is -0.883. The second kappa shape index (κ2) is 7.79. The third-order valence-electron chi connectivity index (χ3n) is 2.51. The zero-order chi connectivity index (χ0) is 15.1. The van der Waals surface area contributed by atoms with Crippen molar-refractivity contribution in [3.8, 4) is 0 Å². The van der Waals surface area contributed by atoms with Crippen LogP contribution < -0.4 is 5.32 Å². The van der Waals surface area contributed by atoms with Crippen LogP contribution in [0, 0.1) is 5.92 Å². The summed E-state index contributed by atoms with van der Waals surface area (Å²) >= 11 is 0. The minimum atomic E-state index is -1.41. The van der Waals surface area contributed by atoms with Gasteiger partial charge in [0.2, 0.25) is 5.91 Å². The molecule has 20 heavy (non-hydrogen) atoms. The van der Waals surface area contributed by atoms with Crippen LogP contribution in [-0.2, 0) is 26.8 Å². The Labute approximate surface area is 120 Å². The maximum absolute atomic E-state index is 12.0. The largest absolute Gasteiger partial charge is 0.481 e. The molecule has 110 valence electrons. The summed E-state index contributed by atoms with van der Waals surface area (Å²) in [6.07, 6.45) is -0.0677. The summed E-state index contributed by atoms with van der Waals surface area (Å²) in [6.45, 7) is 4.53. The van der Waals surface area contributed by atoms with Crippen molar-refractivity contribution in [2.75, 3.05) is 12.3 Å². The van der Waals surface area contributed by atoms with Crippen molar-refractivity contribution >= 4 is 22.7 Å². The van der Waals surface area contributed by atoms with E-state index in [1.54, 1.807) is 24.3 Å². The molecule has 0 aliphatic rings. The molecule has 0 aliphatic carbocycles. The monoisotopic (exact) mass is 297 g/mol. The van der Waals surface area contributed by atoms with Gasteiger partial charge in [-0.3, -0.25) is 13.8 Å². The van der Waals surface area contributed by atoms with Crippen LogP contribution in [0.1, 0.15) is 19.4 Å². The van der Waals surface area contributed by atoms with Gasteiger partial charge in [-0.05, 0) is 23.6 Å². The van der Waals surface area contributed by atoms with E-state index in [1.807, 2.05) is 13.8 Å². The summed E-state index contributed by atoms with van der Waals surface area (Å²) in [7, 11) is -1.41. The maximum Gasteiger partial charge on any atom is 0.307 e. The fourth-order valence-electron chi connectivity index (χ4n) is 1.51. The highest BCUT2D eigenvalue weighted by Gasteiger charge is 2.10. The van der Waals surface area contributed by atoms with Crippen molar-refractivity contribution in [3.05, 3.63) is 29.8 Å². The van der Waals surface area contributed by atoms with Gasteiger partial charge in [0.05, 0.1) is 17.2 Å². The number of rotatable bonds is 7. The van der Waals surface area contributed by atoms with E-state index in [2.05, 4.69) is 5.32 Å². The Morgan fingerprint density at radius 1 is 1.25 bits per heavy atom. The van der Waals surface area contributed by atoms with Crippen LogP contribution >= 0.6 is 0 Å². The van der Waals surface area contributed by atoms with Gasteiger partial charge < -0.3 is 10.4 Å². The predicted molar refractivity (Wildman–Crippen MR) is 76.9 cm³/mol. The standard InChI is InChI=1S/C14H19NO4S/c1-10(2)8-15-13(16)9-20(19)12-5-3-11(4-6-12)7-14(17)18/h3-6,10H,7-9H2,1-2H3,(H,15,16)(H,17,18). The Morgan fingerprint density at radius 3 is 2.35 bits per heavy atom. The second-order valence-electron chi connectivity index (χ2n) is 4.90. The normalized spacial score (nSPS) is 12.2. The molecule has 6 heteroatoms. The van der Waals surface area contributed by atoms with Crippen LogP contribution in [0.3, 0.4) is 0 Å². The van der Waals surface area contributed by atoms with Crippen LogP contribution in [0.25, 0.3) is 0 Å². The fraction of sp³-hybridized carbons (Fsp3) is 0.429. The van der Waals surface area contributed by atoms with Gasteiger partial charge in [0.15, 0.2) is 0 Å². The molecule has 1 aromatic carbocycles. The lowest BCUT2D eigenvalue weighted by Gasteiger charge is -2.07. The lowest BCUT2D eigenvalue weighted by atomic mass is 10.2. The first kappa shape index (κ1) is 16.4. The molecule has 1 amide bonds. The summed E-state index contributed by atoms with van der Waals surface area (Å²) in [5, 5.41) is 11.4. The zero-order valence-electron chi connectivity index (χ0n) is 11.6. The molecule has 5 nitrogen and oxygen atoms in total. The predicted octanol–water partition coefficient (Wildman–Crippen LogP) is 1.19. The molecule has 1 atom stereocenters. The highest BCUT2D eigenvalue weighted by molar-refractivity contribution is 7.85.